The van der Waals surface area contributed by atoms with Gasteiger partial charge < -0.3 is 97.8 Å². The van der Waals surface area contributed by atoms with Gasteiger partial charge in [-0.1, -0.05) is 0 Å². The first-order chi connectivity index (χ1) is 42.0. The lowest BCUT2D eigenvalue weighted by Crippen LogP contribution is -2.66. The number of carbonyl (C=O) groups is 12. The third-order valence-electron chi connectivity index (χ3n) is 11.9. The molecule has 34 nitrogen and oxygen atoms in total. The lowest BCUT2D eigenvalue weighted by Gasteiger charge is -2.44. The summed E-state index contributed by atoms with van der Waals surface area (Å²) in [5.41, 5.74) is 0. The number of carbonyl (C=O) groups excluding carboxylic acids is 12. The summed E-state index contributed by atoms with van der Waals surface area (Å²) in [7, 11) is -1.94. The van der Waals surface area contributed by atoms with Gasteiger partial charge in [-0.2, -0.15) is 5.26 Å². The largest absolute Gasteiger partial charge is 0.463 e. The average molecular weight is 1300 g/mol. The molecule has 504 valence electrons. The molecule has 35 heteroatoms. The number of hydrogen-bond donors (Lipinski definition) is 6. The van der Waals surface area contributed by atoms with Crippen LogP contribution in [0.5, 0.6) is 0 Å². The molecule has 6 amide bonds. The van der Waals surface area contributed by atoms with Crippen LogP contribution in [-0.2, 0) is 114 Å². The monoisotopic (exact) mass is 1290 g/mol. The smallest absolute Gasteiger partial charge is 0.407 e. The van der Waals surface area contributed by atoms with Gasteiger partial charge in [0.05, 0.1) is 32.3 Å². The van der Waals surface area contributed by atoms with Crippen molar-refractivity contribution in [2.75, 3.05) is 72.4 Å². The molecule has 0 aromatic carbocycles. The predicted molar refractivity (Wildman–Crippen MR) is 303 cm³/mol. The van der Waals surface area contributed by atoms with Crippen LogP contribution in [0, 0.1) is 11.3 Å². The maximum atomic E-state index is 12.9. The molecule has 89 heavy (non-hydrogen) atoms. The molecular weight excluding hydrogens is 1210 g/mol. The molecule has 0 aliphatic carbocycles. The molecule has 2 aliphatic rings. The Morgan fingerprint density at radius 3 is 1.22 bits per heavy atom. The summed E-state index contributed by atoms with van der Waals surface area (Å²) >= 11 is 0. The van der Waals surface area contributed by atoms with Crippen molar-refractivity contribution < 1.29 is 123 Å². The van der Waals surface area contributed by atoms with Crippen LogP contribution in [0.15, 0.2) is 0 Å². The van der Waals surface area contributed by atoms with Crippen molar-refractivity contribution in [3.05, 3.63) is 0 Å². The van der Waals surface area contributed by atoms with E-state index in [1.165, 1.54) is 13.8 Å². The van der Waals surface area contributed by atoms with Gasteiger partial charge in [0.1, 0.15) is 56.8 Å². The number of ether oxygens (including phenoxy) is 12. The van der Waals surface area contributed by atoms with Crippen molar-refractivity contribution in [2.24, 2.45) is 0 Å². The van der Waals surface area contributed by atoms with Crippen LogP contribution in [0.2, 0.25) is 0 Å². The highest BCUT2D eigenvalue weighted by Gasteiger charge is 2.53. The van der Waals surface area contributed by atoms with E-state index in [-0.39, 0.29) is 90.2 Å². The minimum absolute atomic E-state index is 0.00641. The van der Waals surface area contributed by atoms with E-state index in [4.69, 9.17) is 65.9 Å². The first-order valence-electron chi connectivity index (χ1n) is 28.7. The van der Waals surface area contributed by atoms with Gasteiger partial charge in [-0.15, -0.1) is 0 Å². The van der Waals surface area contributed by atoms with Crippen molar-refractivity contribution in [1.29, 1.82) is 5.26 Å². The lowest BCUT2D eigenvalue weighted by molar-refractivity contribution is -0.277. The topological polar surface area (TPSA) is 433 Å². The van der Waals surface area contributed by atoms with Gasteiger partial charge in [0.25, 0.3) is 8.53 Å². The van der Waals surface area contributed by atoms with Crippen molar-refractivity contribution in [3.8, 4) is 6.07 Å². The molecule has 2 rings (SSSR count). The summed E-state index contributed by atoms with van der Waals surface area (Å²) in [6, 6.07) is -0.636. The molecule has 2 aliphatic heterocycles. The first kappa shape index (κ1) is 78.0. The van der Waals surface area contributed by atoms with Gasteiger partial charge >= 0.3 is 48.0 Å². The SMILES string of the molecule is CC(=O)N[C@H]1[C@H](OCCCNC(=O)CCNC(=O)OCC(COC(=O)NCCC(=O)NCCCO[C@@H]2O[C@H](COC(C)=O)[C@H](OC(C)=O)[C@H](OC(C)=O)[C@H]2NC(C)=O)OP(OCCC#N)N(C(C)C)C(C)C)O[C@H](COC(C)=O)[C@H](OC(C)=O)[C@@H]1OC(C)=O. The third-order valence-corrected chi connectivity index (χ3v) is 14.1. The maximum Gasteiger partial charge on any atom is 0.407 e. The second-order valence-corrected chi connectivity index (χ2v) is 21.8. The number of alkyl carbamates (subject to hydrolysis) is 2. The molecule has 0 radical (unpaired) electrons. The fourth-order valence-electron chi connectivity index (χ4n) is 8.57. The van der Waals surface area contributed by atoms with E-state index < -0.39 is 174 Å². The Kier molecular flexibility index (Phi) is 36.8. The highest BCUT2D eigenvalue weighted by atomic mass is 31.2. The molecule has 2 heterocycles. The van der Waals surface area contributed by atoms with Crippen LogP contribution >= 0.6 is 8.53 Å². The Labute approximate surface area is 517 Å². The van der Waals surface area contributed by atoms with E-state index >= 15 is 0 Å². The molecule has 2 fully saturated rings. The first-order valence-corrected chi connectivity index (χ1v) is 29.8. The third kappa shape index (κ3) is 31.8. The molecular formula is C54H87N8O26P. The highest BCUT2D eigenvalue weighted by molar-refractivity contribution is 7.44. The van der Waals surface area contributed by atoms with Crippen LogP contribution in [-0.4, -0.2) is 228 Å². The Hall–Kier alpha value is -7.12. The van der Waals surface area contributed by atoms with Crippen LogP contribution in [0.3, 0.4) is 0 Å². The van der Waals surface area contributed by atoms with Crippen molar-refractivity contribution in [1.82, 2.24) is 36.6 Å². The van der Waals surface area contributed by atoms with E-state index in [1.807, 2.05) is 38.4 Å². The summed E-state index contributed by atoms with van der Waals surface area (Å²) in [6.45, 7) is 14.5. The summed E-state index contributed by atoms with van der Waals surface area (Å²) in [5.74, 6) is -6.53. The highest BCUT2D eigenvalue weighted by Crippen LogP contribution is 2.47. The zero-order chi connectivity index (χ0) is 66.8. The van der Waals surface area contributed by atoms with Crippen LogP contribution in [0.25, 0.3) is 0 Å². The van der Waals surface area contributed by atoms with Crippen LogP contribution in [0.4, 0.5) is 9.59 Å². The van der Waals surface area contributed by atoms with Gasteiger partial charge in [-0.25, -0.2) is 14.3 Å². The minimum Gasteiger partial charge on any atom is -0.463 e. The van der Waals surface area contributed by atoms with Crippen LogP contribution < -0.4 is 31.9 Å². The fraction of sp³-hybridized carbons (Fsp3) is 0.759. The molecule has 6 N–H and O–H groups in total. The molecule has 0 aromatic heterocycles. The second kappa shape index (κ2) is 42.0. The van der Waals surface area contributed by atoms with Gasteiger partial charge in [0.15, 0.2) is 37.0 Å². The summed E-state index contributed by atoms with van der Waals surface area (Å²) in [6.07, 6.45) is -13.3. The van der Waals surface area contributed by atoms with Crippen molar-refractivity contribution in [3.63, 3.8) is 0 Å². The van der Waals surface area contributed by atoms with Crippen LogP contribution in [0.1, 0.15) is 115 Å². The quantitative estimate of drug-likeness (QED) is 0.0209. The molecule has 1 unspecified atom stereocenters. The molecule has 2 saturated heterocycles. The standard InChI is InChI=1S/C54H87N8O26P/c1-30(2)62(31(3)4)89(81-25-13-18-55)88-40(26-79-53(73)58-21-16-43(71)56-19-14-23-75-51-45(60-32(5)63)49(84-38(11)69)47(82-36(9)67)41(86-51)28-77-34(7)65)27-80-54(74)59-22-17-44(72)57-20-15-24-76-52-46(61-33(6)64)50(85-39(12)70)48(83-37(10)68)42(87-52)29-78-35(8)66/h30-31,40-42,45-52H,13-17,19-29H2,1-12H3,(H,56,71)(H,57,72)(H,58,73)(H,59,74)(H,60,63)(H,61,64)/t41-,42-,45-,46-,47+,48+,49-,50-,51-,52-,89?/m1/s1. The Balaban J connectivity index is 1.99. The number of nitrogens with zero attached hydrogens (tertiary/aromatic N) is 2. The molecule has 0 bridgehead atoms. The molecule has 0 aromatic rings. The molecule has 0 spiro atoms. The van der Waals surface area contributed by atoms with E-state index in [0.29, 0.717) is 0 Å². The Bertz CT molecular complexity index is 2240. The Morgan fingerprint density at radius 1 is 0.506 bits per heavy atom. The lowest BCUT2D eigenvalue weighted by atomic mass is 9.96. The van der Waals surface area contributed by atoms with Gasteiger partial charge in [-0.3, -0.25) is 47.9 Å². The predicted octanol–water partition coefficient (Wildman–Crippen LogP) is 0.238. The molecule has 0 saturated carbocycles. The van der Waals surface area contributed by atoms with E-state index in [9.17, 15) is 62.8 Å². The van der Waals surface area contributed by atoms with Gasteiger partial charge in [0.2, 0.25) is 23.6 Å². The number of esters is 6. The van der Waals surface area contributed by atoms with E-state index in [1.54, 1.807) is 0 Å². The van der Waals surface area contributed by atoms with Gasteiger partial charge in [0, 0.05) is 106 Å². The van der Waals surface area contributed by atoms with Crippen molar-refractivity contribution >= 4 is 80.2 Å². The molecule has 11 atom stereocenters. The summed E-state index contributed by atoms with van der Waals surface area (Å²) in [4.78, 5) is 148. The summed E-state index contributed by atoms with van der Waals surface area (Å²) in [5, 5.41) is 24.7. The fourth-order valence-corrected chi connectivity index (χ4v) is 10.2. The maximum absolute atomic E-state index is 12.9. The number of nitrogens with one attached hydrogen (secondary N) is 6. The van der Waals surface area contributed by atoms with E-state index in [0.717, 1.165) is 41.5 Å². The summed E-state index contributed by atoms with van der Waals surface area (Å²) < 4.78 is 80.6. The minimum atomic E-state index is -1.94. The second-order valence-electron chi connectivity index (χ2n) is 20.4. The Morgan fingerprint density at radius 2 is 0.888 bits per heavy atom. The number of rotatable bonds is 38. The van der Waals surface area contributed by atoms with Gasteiger partial charge in [-0.05, 0) is 40.5 Å². The number of hydrogen-bond acceptors (Lipinski definition) is 28. The zero-order valence-corrected chi connectivity index (χ0v) is 53.2. The number of nitriles is 1. The normalized spacial score (nSPS) is 21.6. The number of amides is 6. The van der Waals surface area contributed by atoms with E-state index in [2.05, 4.69) is 31.9 Å². The zero-order valence-electron chi connectivity index (χ0n) is 52.3. The average Bonchev–Trinajstić information content (AvgIpc) is 2.85. The van der Waals surface area contributed by atoms with Crippen molar-refractivity contribution in [2.45, 2.75) is 195 Å².